The average Bonchev–Trinajstić information content (AvgIpc) is 2.44. The second-order valence-electron chi connectivity index (χ2n) is 4.11. The van der Waals surface area contributed by atoms with Crippen LogP contribution in [0.25, 0.3) is 0 Å². The molecule has 1 N–H and O–H groups in total. The Morgan fingerprint density at radius 2 is 2.10 bits per heavy atom. The Morgan fingerprint density at radius 1 is 1.50 bits per heavy atom. The summed E-state index contributed by atoms with van der Waals surface area (Å²) in [5, 5.41) is 9.38. The molecule has 2 nitrogen and oxygen atoms in total. The molecule has 1 saturated heterocycles. The van der Waals surface area contributed by atoms with Crippen LogP contribution < -0.4 is 0 Å². The maximum Gasteiger partial charge on any atom is 0.0872 e. The average molecular weight is 141 g/mol. The Morgan fingerprint density at radius 3 is 2.50 bits per heavy atom. The molecule has 1 aliphatic heterocycles. The van der Waals surface area contributed by atoms with E-state index in [0.717, 1.165) is 19.0 Å². The molecule has 10 heavy (non-hydrogen) atoms. The predicted molar refractivity (Wildman–Crippen MR) is 39.8 cm³/mol. The molecule has 2 aliphatic rings. The molecular weight excluding hydrogens is 126 g/mol. The summed E-state index contributed by atoms with van der Waals surface area (Å²) in [5.41, 5.74) is -0.366. The van der Waals surface area contributed by atoms with Crippen LogP contribution in [0.5, 0.6) is 0 Å². The van der Waals surface area contributed by atoms with Gasteiger partial charge in [-0.05, 0) is 25.7 Å². The zero-order valence-corrected chi connectivity index (χ0v) is 6.51. The van der Waals surface area contributed by atoms with E-state index in [1.807, 2.05) is 6.92 Å². The Bertz CT molecular complexity index is 129. The largest absolute Gasteiger partial charge is 0.388 e. The summed E-state index contributed by atoms with van der Waals surface area (Å²) < 4.78 is 0. The van der Waals surface area contributed by atoms with Gasteiger partial charge in [-0.2, -0.15) is 0 Å². The van der Waals surface area contributed by atoms with Crippen LogP contribution in [0.1, 0.15) is 19.8 Å². The van der Waals surface area contributed by atoms with Crippen LogP contribution in [-0.4, -0.2) is 35.2 Å². The van der Waals surface area contributed by atoms with Gasteiger partial charge in [0.2, 0.25) is 0 Å². The van der Waals surface area contributed by atoms with Crippen molar-refractivity contribution in [3.63, 3.8) is 0 Å². The molecule has 2 fully saturated rings. The van der Waals surface area contributed by atoms with Gasteiger partial charge in [0.15, 0.2) is 0 Å². The van der Waals surface area contributed by atoms with E-state index in [1.165, 1.54) is 19.4 Å². The quantitative estimate of drug-likeness (QED) is 0.604. The third kappa shape index (κ3) is 1.32. The van der Waals surface area contributed by atoms with Crippen molar-refractivity contribution >= 4 is 0 Å². The minimum absolute atomic E-state index is 0.366. The van der Waals surface area contributed by atoms with Gasteiger partial charge < -0.3 is 5.11 Å². The van der Waals surface area contributed by atoms with E-state index < -0.39 is 0 Å². The highest BCUT2D eigenvalue weighted by atomic mass is 16.3. The number of hydrogen-bond acceptors (Lipinski definition) is 2. The first-order chi connectivity index (χ1) is 4.66. The molecule has 0 aromatic carbocycles. The molecule has 0 amide bonds. The van der Waals surface area contributed by atoms with E-state index in [9.17, 15) is 5.11 Å². The Labute approximate surface area is 61.8 Å². The van der Waals surface area contributed by atoms with Crippen molar-refractivity contribution in [3.05, 3.63) is 0 Å². The summed E-state index contributed by atoms with van der Waals surface area (Å²) in [6, 6.07) is 0. The molecule has 1 heterocycles. The van der Waals surface area contributed by atoms with E-state index in [1.54, 1.807) is 0 Å². The fourth-order valence-corrected chi connectivity index (χ4v) is 1.71. The Kier molecular flexibility index (Phi) is 1.29. The topological polar surface area (TPSA) is 23.5 Å². The molecule has 0 aromatic rings. The van der Waals surface area contributed by atoms with Gasteiger partial charge in [-0.1, -0.05) is 0 Å². The lowest BCUT2D eigenvalue weighted by atomic mass is 9.97. The fraction of sp³-hybridized carbons (Fsp3) is 1.00. The zero-order valence-electron chi connectivity index (χ0n) is 6.51. The van der Waals surface area contributed by atoms with E-state index in [-0.39, 0.29) is 5.60 Å². The molecular formula is C8H15NO. The summed E-state index contributed by atoms with van der Waals surface area (Å²) >= 11 is 0. The third-order valence-electron chi connectivity index (χ3n) is 2.34. The molecule has 0 radical (unpaired) electrons. The second kappa shape index (κ2) is 1.95. The van der Waals surface area contributed by atoms with Gasteiger partial charge in [0.05, 0.1) is 5.60 Å². The van der Waals surface area contributed by atoms with Crippen molar-refractivity contribution in [2.24, 2.45) is 5.92 Å². The van der Waals surface area contributed by atoms with E-state index >= 15 is 0 Å². The number of aliphatic hydroxyl groups is 1. The van der Waals surface area contributed by atoms with Crippen molar-refractivity contribution < 1.29 is 5.11 Å². The molecule has 0 atom stereocenters. The first kappa shape index (κ1) is 6.62. The van der Waals surface area contributed by atoms with Crippen LogP contribution >= 0.6 is 0 Å². The van der Waals surface area contributed by atoms with Crippen LogP contribution in [0.4, 0.5) is 0 Å². The molecule has 0 unspecified atom stereocenters. The van der Waals surface area contributed by atoms with Crippen molar-refractivity contribution in [2.75, 3.05) is 19.6 Å². The van der Waals surface area contributed by atoms with E-state index in [0.29, 0.717) is 0 Å². The lowest BCUT2D eigenvalue weighted by molar-refractivity contribution is -0.0846. The van der Waals surface area contributed by atoms with Crippen LogP contribution in [0.2, 0.25) is 0 Å². The highest BCUT2D eigenvalue weighted by molar-refractivity contribution is 4.93. The summed E-state index contributed by atoms with van der Waals surface area (Å²) in [6.07, 6.45) is 2.83. The molecule has 58 valence electrons. The smallest absolute Gasteiger partial charge is 0.0872 e. The van der Waals surface area contributed by atoms with Crippen LogP contribution in [0, 0.1) is 5.92 Å². The highest BCUT2D eigenvalue weighted by Gasteiger charge is 2.38. The lowest BCUT2D eigenvalue weighted by Crippen LogP contribution is -2.60. The number of rotatable bonds is 2. The molecule has 2 heteroatoms. The van der Waals surface area contributed by atoms with Gasteiger partial charge >= 0.3 is 0 Å². The maximum absolute atomic E-state index is 9.38. The molecule has 2 rings (SSSR count). The minimum atomic E-state index is -0.366. The van der Waals surface area contributed by atoms with E-state index in [4.69, 9.17) is 0 Å². The van der Waals surface area contributed by atoms with Crippen molar-refractivity contribution in [2.45, 2.75) is 25.4 Å². The predicted octanol–water partition coefficient (Wildman–Crippen LogP) is 0.463. The van der Waals surface area contributed by atoms with Crippen LogP contribution in [0.3, 0.4) is 0 Å². The Hall–Kier alpha value is -0.0800. The summed E-state index contributed by atoms with van der Waals surface area (Å²) in [6.45, 7) is 4.93. The number of likely N-dealkylation sites (tertiary alicyclic amines) is 1. The Balaban J connectivity index is 1.69. The fourth-order valence-electron chi connectivity index (χ4n) is 1.71. The van der Waals surface area contributed by atoms with Crippen molar-refractivity contribution in [1.82, 2.24) is 4.90 Å². The monoisotopic (exact) mass is 141 g/mol. The first-order valence-corrected chi connectivity index (χ1v) is 4.10. The van der Waals surface area contributed by atoms with Gasteiger partial charge in [0.1, 0.15) is 0 Å². The van der Waals surface area contributed by atoms with Gasteiger partial charge in [0.25, 0.3) is 0 Å². The van der Waals surface area contributed by atoms with Crippen molar-refractivity contribution in [3.8, 4) is 0 Å². The SMILES string of the molecule is CC1(O)CN(CC2CC2)C1. The molecule has 0 aromatic heterocycles. The molecule has 0 spiro atoms. The van der Waals surface area contributed by atoms with Gasteiger partial charge in [-0.3, -0.25) is 4.90 Å². The van der Waals surface area contributed by atoms with Gasteiger partial charge in [-0.25, -0.2) is 0 Å². The lowest BCUT2D eigenvalue weighted by Gasteiger charge is -2.44. The second-order valence-corrected chi connectivity index (χ2v) is 4.11. The number of nitrogens with zero attached hydrogens (tertiary/aromatic N) is 1. The minimum Gasteiger partial charge on any atom is -0.388 e. The molecule has 1 aliphatic carbocycles. The summed E-state index contributed by atoms with van der Waals surface area (Å²) in [7, 11) is 0. The summed E-state index contributed by atoms with van der Waals surface area (Å²) in [4.78, 5) is 2.34. The van der Waals surface area contributed by atoms with Gasteiger partial charge in [0, 0.05) is 19.6 Å². The highest BCUT2D eigenvalue weighted by Crippen LogP contribution is 2.32. The molecule has 0 bridgehead atoms. The van der Waals surface area contributed by atoms with Gasteiger partial charge in [-0.15, -0.1) is 0 Å². The normalized spacial score (nSPS) is 31.8. The number of hydrogen-bond donors (Lipinski definition) is 1. The van der Waals surface area contributed by atoms with Crippen LogP contribution in [-0.2, 0) is 0 Å². The molecule has 1 saturated carbocycles. The van der Waals surface area contributed by atoms with E-state index in [2.05, 4.69) is 4.90 Å². The third-order valence-corrected chi connectivity index (χ3v) is 2.34. The van der Waals surface area contributed by atoms with Crippen LogP contribution in [0.15, 0.2) is 0 Å². The first-order valence-electron chi connectivity index (χ1n) is 4.10. The maximum atomic E-state index is 9.38. The summed E-state index contributed by atoms with van der Waals surface area (Å²) in [5.74, 6) is 0.969. The number of β-amino-alcohol motifs (C(OH)–C–C–N with tert-alkyl or cyclic N) is 1. The van der Waals surface area contributed by atoms with Crippen molar-refractivity contribution in [1.29, 1.82) is 0 Å². The zero-order chi connectivity index (χ0) is 7.19. The standard InChI is InChI=1S/C8H15NO/c1-8(10)5-9(6-8)4-7-2-3-7/h7,10H,2-6H2,1H3.